The first kappa shape index (κ1) is 29.8. The Labute approximate surface area is 224 Å². The molecule has 0 bridgehead atoms. The average molecular weight is 579 g/mol. The number of carbonyl (C=O) groups is 4. The molecule has 9 nitrogen and oxygen atoms in total. The molecule has 1 saturated carbocycles. The molecule has 4 atom stereocenters. The van der Waals surface area contributed by atoms with Crippen molar-refractivity contribution in [2.45, 2.75) is 62.8 Å². The van der Waals surface area contributed by atoms with Crippen molar-refractivity contribution < 1.29 is 55.4 Å². The van der Waals surface area contributed by atoms with Gasteiger partial charge in [0.25, 0.3) is 5.91 Å². The number of nitrogens with zero attached hydrogens (tertiary/aromatic N) is 1. The Balaban J connectivity index is 1.54. The number of likely N-dealkylation sites (tertiary alicyclic amines) is 1. The monoisotopic (exact) mass is 579 g/mol. The molecule has 1 unspecified atom stereocenters. The lowest BCUT2D eigenvalue weighted by molar-refractivity contribution is -0.321. The molecule has 2 heterocycles. The van der Waals surface area contributed by atoms with Gasteiger partial charge in [-0.2, -0.15) is 13.2 Å². The number of aliphatic hydroxyl groups excluding tert-OH is 1. The van der Waals surface area contributed by atoms with Gasteiger partial charge in [-0.1, -0.05) is 18.2 Å². The first-order valence-corrected chi connectivity index (χ1v) is 12.6. The number of rotatable bonds is 9. The van der Waals surface area contributed by atoms with Gasteiger partial charge in [0.05, 0.1) is 11.6 Å². The van der Waals surface area contributed by atoms with Gasteiger partial charge in [-0.05, 0) is 43.6 Å². The van der Waals surface area contributed by atoms with E-state index < -0.39 is 83.3 Å². The van der Waals surface area contributed by atoms with Crippen LogP contribution in [0, 0.1) is 11.3 Å². The summed E-state index contributed by atoms with van der Waals surface area (Å²) in [5.74, 6) is -4.44. The molecule has 3 N–H and O–H groups in total. The smallest absolute Gasteiger partial charge is 0.378 e. The second-order valence-electron chi connectivity index (χ2n) is 10.4. The van der Waals surface area contributed by atoms with Crippen LogP contribution >= 0.6 is 0 Å². The van der Waals surface area contributed by atoms with Crippen LogP contribution in [0.4, 0.5) is 26.3 Å². The molecule has 220 valence electrons. The maximum absolute atomic E-state index is 13.5. The maximum atomic E-state index is 13.5. The van der Waals surface area contributed by atoms with Gasteiger partial charge in [-0.25, -0.2) is 0 Å². The van der Waals surface area contributed by atoms with Crippen molar-refractivity contribution in [3.63, 3.8) is 0 Å². The summed E-state index contributed by atoms with van der Waals surface area (Å²) in [6.45, 7) is -1.18. The highest BCUT2D eigenvalue weighted by Gasteiger charge is 2.56. The summed E-state index contributed by atoms with van der Waals surface area (Å²) in [6, 6.07) is 1.10. The van der Waals surface area contributed by atoms with E-state index >= 15 is 0 Å². The SMILES string of the molecule is O=C1NCC[C@H]1C[C@H](NC(=O)[C@@H]1CC2(CC2)CN1C(=O)C(O)c1ccccc1C(F)(F)F)C(=O)COC(F)(F)F. The molecule has 3 amide bonds. The lowest BCUT2D eigenvalue weighted by Gasteiger charge is -2.29. The number of nitrogens with one attached hydrogen (secondary N) is 2. The third kappa shape index (κ3) is 6.74. The molecule has 1 spiro atoms. The van der Waals surface area contributed by atoms with Crippen LogP contribution in [0.15, 0.2) is 24.3 Å². The van der Waals surface area contributed by atoms with E-state index in [1.54, 1.807) is 0 Å². The van der Waals surface area contributed by atoms with Crippen LogP contribution in [0.2, 0.25) is 0 Å². The first-order chi connectivity index (χ1) is 18.6. The Morgan fingerprint density at radius 3 is 2.40 bits per heavy atom. The number of ether oxygens (including phenoxy) is 1. The third-order valence-corrected chi connectivity index (χ3v) is 7.61. The van der Waals surface area contributed by atoms with Gasteiger partial charge in [0.2, 0.25) is 11.8 Å². The second kappa shape index (κ2) is 11.0. The van der Waals surface area contributed by atoms with Crippen LogP contribution in [-0.4, -0.2) is 71.7 Å². The predicted octanol–water partition coefficient (Wildman–Crippen LogP) is 2.24. The zero-order valence-electron chi connectivity index (χ0n) is 21.0. The van der Waals surface area contributed by atoms with E-state index in [-0.39, 0.29) is 32.4 Å². The van der Waals surface area contributed by atoms with E-state index in [2.05, 4.69) is 15.4 Å². The summed E-state index contributed by atoms with van der Waals surface area (Å²) in [5.41, 5.74) is -2.41. The van der Waals surface area contributed by atoms with Crippen LogP contribution in [0.1, 0.15) is 49.3 Å². The number of Topliss-reactive ketones (excluding diaryl/α,β-unsaturated/α-hetero) is 1. The number of halogens is 6. The van der Waals surface area contributed by atoms with Crippen LogP contribution in [0.5, 0.6) is 0 Å². The maximum Gasteiger partial charge on any atom is 0.522 e. The predicted molar refractivity (Wildman–Crippen MR) is 123 cm³/mol. The van der Waals surface area contributed by atoms with Gasteiger partial charge in [-0.3, -0.25) is 23.9 Å². The molecule has 2 saturated heterocycles. The molecule has 15 heteroatoms. The number of aliphatic hydroxyl groups is 1. The van der Waals surface area contributed by atoms with Crippen LogP contribution < -0.4 is 10.6 Å². The summed E-state index contributed by atoms with van der Waals surface area (Å²) in [6.07, 6.45) is -11.0. The van der Waals surface area contributed by atoms with Crippen LogP contribution in [0.25, 0.3) is 0 Å². The summed E-state index contributed by atoms with van der Waals surface area (Å²) in [5, 5.41) is 15.5. The highest BCUT2D eigenvalue weighted by atomic mass is 19.4. The standard InChI is InChI=1S/C25H27F6N3O6/c26-24(27,28)15-4-2-1-3-14(15)19(36)22(39)34-12-23(6-7-23)10-17(34)21(38)33-16(9-13-5-8-32-20(13)37)18(35)11-40-25(29,30)31/h1-4,13,16-17,19,36H,5-12H2,(H,32,37)(H,33,38)/t13-,16-,17-,19?/m0/s1. The Bertz CT molecular complexity index is 1170. The van der Waals surface area contributed by atoms with Crippen molar-refractivity contribution in [2.24, 2.45) is 11.3 Å². The second-order valence-corrected chi connectivity index (χ2v) is 10.4. The minimum absolute atomic E-state index is 0.0318. The first-order valence-electron chi connectivity index (χ1n) is 12.6. The number of carbonyl (C=O) groups excluding carboxylic acids is 4. The molecule has 0 radical (unpaired) electrons. The molecule has 4 rings (SSSR count). The molecule has 0 aromatic heterocycles. The molecule has 2 aliphatic heterocycles. The Morgan fingerprint density at radius 1 is 1.15 bits per heavy atom. The fourth-order valence-corrected chi connectivity index (χ4v) is 5.29. The number of ketones is 1. The topological polar surface area (TPSA) is 125 Å². The Morgan fingerprint density at radius 2 is 1.82 bits per heavy atom. The Hall–Kier alpha value is -3.20. The zero-order chi connectivity index (χ0) is 29.5. The van der Waals surface area contributed by atoms with E-state index in [0.717, 1.165) is 17.0 Å². The fourth-order valence-electron chi connectivity index (χ4n) is 5.29. The number of hydrogen-bond donors (Lipinski definition) is 3. The van der Waals surface area contributed by atoms with E-state index in [0.29, 0.717) is 18.9 Å². The molecular weight excluding hydrogens is 552 g/mol. The van der Waals surface area contributed by atoms with Gasteiger partial charge in [0, 0.05) is 24.6 Å². The molecule has 3 aliphatic rings. The minimum Gasteiger partial charge on any atom is -0.378 e. The van der Waals surface area contributed by atoms with Gasteiger partial charge in [0.15, 0.2) is 11.9 Å². The number of amides is 3. The van der Waals surface area contributed by atoms with Crippen molar-refractivity contribution in [3.8, 4) is 0 Å². The quantitative estimate of drug-likeness (QED) is 0.386. The van der Waals surface area contributed by atoms with E-state index in [4.69, 9.17) is 0 Å². The summed E-state index contributed by atoms with van der Waals surface area (Å²) >= 11 is 0. The van der Waals surface area contributed by atoms with Gasteiger partial charge in [-0.15, -0.1) is 13.2 Å². The molecule has 3 fully saturated rings. The van der Waals surface area contributed by atoms with Crippen LogP contribution in [0.3, 0.4) is 0 Å². The minimum atomic E-state index is -5.12. The van der Waals surface area contributed by atoms with Crippen molar-refractivity contribution in [3.05, 3.63) is 35.4 Å². The summed E-state index contributed by atoms with van der Waals surface area (Å²) in [7, 11) is 0. The molecular formula is C25H27F6N3O6. The molecule has 1 aromatic rings. The molecule has 1 aliphatic carbocycles. The van der Waals surface area contributed by atoms with Crippen molar-refractivity contribution in [1.82, 2.24) is 15.5 Å². The molecule has 40 heavy (non-hydrogen) atoms. The van der Waals surface area contributed by atoms with E-state index in [1.165, 1.54) is 6.07 Å². The lowest BCUT2D eigenvalue weighted by Crippen LogP contribution is -2.53. The average Bonchev–Trinajstić information content (AvgIpc) is 3.34. The van der Waals surface area contributed by atoms with Gasteiger partial charge in [0.1, 0.15) is 12.6 Å². The fraction of sp³-hybridized carbons (Fsp3) is 0.600. The van der Waals surface area contributed by atoms with Crippen molar-refractivity contribution in [2.75, 3.05) is 19.7 Å². The highest BCUT2D eigenvalue weighted by Crippen LogP contribution is 2.55. The lowest BCUT2D eigenvalue weighted by atomic mass is 9.95. The van der Waals surface area contributed by atoms with Crippen molar-refractivity contribution in [1.29, 1.82) is 0 Å². The Kier molecular flexibility index (Phi) is 8.18. The van der Waals surface area contributed by atoms with E-state index in [9.17, 15) is 50.6 Å². The zero-order valence-corrected chi connectivity index (χ0v) is 21.0. The molecule has 1 aromatic carbocycles. The number of alkyl halides is 6. The normalized spacial score (nSPS) is 23.6. The van der Waals surface area contributed by atoms with Crippen molar-refractivity contribution >= 4 is 23.5 Å². The van der Waals surface area contributed by atoms with E-state index in [1.807, 2.05) is 0 Å². The van der Waals surface area contributed by atoms with Gasteiger partial charge >= 0.3 is 12.5 Å². The highest BCUT2D eigenvalue weighted by molar-refractivity contribution is 5.95. The van der Waals surface area contributed by atoms with Crippen LogP contribution in [-0.2, 0) is 30.1 Å². The third-order valence-electron chi connectivity index (χ3n) is 7.61. The number of hydrogen-bond acceptors (Lipinski definition) is 6. The van der Waals surface area contributed by atoms with Gasteiger partial charge < -0.3 is 20.6 Å². The summed E-state index contributed by atoms with van der Waals surface area (Å²) < 4.78 is 81.7. The number of benzene rings is 1. The summed E-state index contributed by atoms with van der Waals surface area (Å²) in [4.78, 5) is 52.2. The largest absolute Gasteiger partial charge is 0.522 e.